The third kappa shape index (κ3) is 0.531. The van der Waals surface area contributed by atoms with Crippen molar-refractivity contribution in [3.05, 3.63) is 12.2 Å². The highest BCUT2D eigenvalue weighted by molar-refractivity contribution is 5.37. The van der Waals surface area contributed by atoms with Crippen molar-refractivity contribution < 1.29 is 0 Å². The van der Waals surface area contributed by atoms with Crippen LogP contribution < -0.4 is 0 Å². The topological polar surface area (TPSA) is 0 Å². The van der Waals surface area contributed by atoms with E-state index in [1.165, 1.54) is 23.7 Å². The van der Waals surface area contributed by atoms with Crippen LogP contribution in [0.5, 0.6) is 0 Å². The molecule has 6 rings (SSSR count). The van der Waals surface area contributed by atoms with E-state index in [1.807, 2.05) is 0 Å². The lowest BCUT2D eigenvalue weighted by atomic mass is 9.75. The molecule has 2 bridgehead atoms. The van der Waals surface area contributed by atoms with Gasteiger partial charge in [-0.2, -0.15) is 0 Å². The quantitative estimate of drug-likeness (QED) is 0.524. The van der Waals surface area contributed by atoms with Gasteiger partial charge in [-0.3, -0.25) is 0 Å². The van der Waals surface area contributed by atoms with Crippen LogP contribution in [0.3, 0.4) is 0 Å². The smallest absolute Gasteiger partial charge is 0.00806 e. The first-order chi connectivity index (χ1) is 7.36. The van der Waals surface area contributed by atoms with Crippen LogP contribution in [0.2, 0.25) is 0 Å². The third-order valence-electron chi connectivity index (χ3n) is 7.33. The van der Waals surface area contributed by atoms with Gasteiger partial charge in [0.2, 0.25) is 0 Å². The average molecular weight is 198 g/mol. The van der Waals surface area contributed by atoms with Crippen LogP contribution in [-0.4, -0.2) is 0 Å². The number of rotatable bonds is 0. The second-order valence-corrected chi connectivity index (χ2v) is 7.54. The highest BCUT2D eigenvalue weighted by Gasteiger charge is 2.82. The van der Waals surface area contributed by atoms with E-state index < -0.39 is 0 Å². The summed E-state index contributed by atoms with van der Waals surface area (Å²) in [7, 11) is 0. The van der Waals surface area contributed by atoms with Gasteiger partial charge >= 0.3 is 0 Å². The number of hydrogen-bond donors (Lipinski definition) is 0. The highest BCUT2D eigenvalue weighted by atomic mass is 14.9. The summed E-state index contributed by atoms with van der Waals surface area (Å²) in [6.07, 6.45) is 13.3. The summed E-state index contributed by atoms with van der Waals surface area (Å²) < 4.78 is 0. The maximum atomic E-state index is 2.68. The predicted octanol–water partition coefficient (Wildman–Crippen LogP) is 3.24. The fourth-order valence-electron chi connectivity index (χ4n) is 6.74. The summed E-state index contributed by atoms with van der Waals surface area (Å²) in [6.45, 7) is 0. The normalized spacial score (nSPS) is 66.1. The van der Waals surface area contributed by atoms with Crippen molar-refractivity contribution in [1.82, 2.24) is 0 Å². The van der Waals surface area contributed by atoms with E-state index in [1.54, 1.807) is 32.1 Å². The monoisotopic (exact) mass is 198 g/mol. The molecule has 0 heterocycles. The zero-order valence-corrected chi connectivity index (χ0v) is 9.15. The van der Waals surface area contributed by atoms with Crippen LogP contribution in [0.4, 0.5) is 0 Å². The molecule has 5 fully saturated rings. The van der Waals surface area contributed by atoms with E-state index in [4.69, 9.17) is 0 Å². The summed E-state index contributed by atoms with van der Waals surface area (Å²) in [5.41, 5.74) is 1.70. The summed E-state index contributed by atoms with van der Waals surface area (Å²) in [4.78, 5) is 0. The van der Waals surface area contributed by atoms with Crippen molar-refractivity contribution in [3.63, 3.8) is 0 Å². The lowest BCUT2D eigenvalue weighted by Gasteiger charge is -2.29. The van der Waals surface area contributed by atoms with Gasteiger partial charge in [-0.1, -0.05) is 12.2 Å². The van der Waals surface area contributed by atoms with E-state index in [2.05, 4.69) is 12.2 Å². The highest BCUT2D eigenvalue weighted by Crippen LogP contribution is 2.88. The Kier molecular flexibility index (Phi) is 0.787. The number of fused-ring (bicyclic) bond motifs is 7. The molecule has 0 aliphatic heterocycles. The van der Waals surface area contributed by atoms with Crippen molar-refractivity contribution in [2.45, 2.75) is 32.1 Å². The Balaban J connectivity index is 1.60. The van der Waals surface area contributed by atoms with Gasteiger partial charge in [-0.05, 0) is 78.4 Å². The van der Waals surface area contributed by atoms with Crippen molar-refractivity contribution in [2.75, 3.05) is 0 Å². The molecule has 78 valence electrons. The summed E-state index contributed by atoms with van der Waals surface area (Å²) >= 11 is 0. The van der Waals surface area contributed by atoms with E-state index in [0.717, 1.165) is 22.7 Å². The van der Waals surface area contributed by atoms with Gasteiger partial charge in [0.15, 0.2) is 0 Å². The van der Waals surface area contributed by atoms with E-state index in [0.29, 0.717) is 0 Å². The van der Waals surface area contributed by atoms with Gasteiger partial charge in [-0.25, -0.2) is 0 Å². The molecule has 6 unspecified atom stereocenters. The zero-order valence-electron chi connectivity index (χ0n) is 9.15. The van der Waals surface area contributed by atoms with Crippen molar-refractivity contribution in [3.8, 4) is 0 Å². The summed E-state index contributed by atoms with van der Waals surface area (Å²) in [6, 6.07) is 0. The largest absolute Gasteiger partial charge is 0.0842 e. The van der Waals surface area contributed by atoms with Crippen molar-refractivity contribution in [2.24, 2.45) is 46.3 Å². The fourth-order valence-corrected chi connectivity index (χ4v) is 6.74. The first-order valence-electron chi connectivity index (χ1n) is 7.05. The minimum absolute atomic E-state index is 0.771. The lowest BCUT2D eigenvalue weighted by molar-refractivity contribution is 0.196. The standard InChI is InChI=1S/C15H18/c1-2-14(3-4-14)12-8(1)11-9-7-10(9)13(12)15(11)5-6-15/h1-2,8-13H,3-7H2. The van der Waals surface area contributed by atoms with Gasteiger partial charge in [0.05, 0.1) is 0 Å². The maximum absolute atomic E-state index is 2.68. The van der Waals surface area contributed by atoms with Crippen LogP contribution >= 0.6 is 0 Å². The molecule has 0 nitrogen and oxygen atoms in total. The second kappa shape index (κ2) is 1.65. The molecule has 6 aliphatic rings. The van der Waals surface area contributed by atoms with Crippen molar-refractivity contribution >= 4 is 0 Å². The molecule has 2 spiro atoms. The molecule has 0 heteroatoms. The predicted molar refractivity (Wildman–Crippen MR) is 58.0 cm³/mol. The molecule has 0 aromatic carbocycles. The van der Waals surface area contributed by atoms with Crippen molar-refractivity contribution in [1.29, 1.82) is 0 Å². The molecule has 0 N–H and O–H groups in total. The van der Waals surface area contributed by atoms with Gasteiger partial charge < -0.3 is 0 Å². The molecule has 0 saturated heterocycles. The molecule has 6 atom stereocenters. The molecule has 6 aliphatic carbocycles. The molecular formula is C15H18. The van der Waals surface area contributed by atoms with Crippen LogP contribution in [0.1, 0.15) is 32.1 Å². The molecule has 5 saturated carbocycles. The van der Waals surface area contributed by atoms with Crippen LogP contribution in [0, 0.1) is 46.3 Å². The Hall–Kier alpha value is -0.260. The van der Waals surface area contributed by atoms with Crippen LogP contribution in [0.15, 0.2) is 12.2 Å². The molecule has 0 aromatic heterocycles. The SMILES string of the molecule is C1=CC2(CC2)C2C1C1C3CC3C2C12CC2. The Morgan fingerprint density at radius 1 is 0.867 bits per heavy atom. The minimum atomic E-state index is 0.771. The second-order valence-electron chi connectivity index (χ2n) is 7.54. The molecule has 0 aromatic rings. The molecule has 0 radical (unpaired) electrons. The van der Waals surface area contributed by atoms with E-state index in [9.17, 15) is 0 Å². The van der Waals surface area contributed by atoms with Crippen LogP contribution in [-0.2, 0) is 0 Å². The van der Waals surface area contributed by atoms with Crippen LogP contribution in [0.25, 0.3) is 0 Å². The van der Waals surface area contributed by atoms with E-state index in [-0.39, 0.29) is 0 Å². The molecular weight excluding hydrogens is 180 g/mol. The Bertz CT molecular complexity index is 410. The average Bonchev–Trinajstić information content (AvgIpc) is 3.07. The summed E-state index contributed by atoms with van der Waals surface area (Å²) in [5, 5.41) is 0. The first kappa shape index (κ1) is 7.14. The fraction of sp³-hybridized carbons (Fsp3) is 0.867. The Labute approximate surface area is 91.1 Å². The molecule has 15 heavy (non-hydrogen) atoms. The van der Waals surface area contributed by atoms with Gasteiger partial charge in [0.25, 0.3) is 0 Å². The Morgan fingerprint density at radius 2 is 1.67 bits per heavy atom. The maximum Gasteiger partial charge on any atom is -0.00806 e. The minimum Gasteiger partial charge on any atom is -0.0842 e. The number of hydrogen-bond acceptors (Lipinski definition) is 0. The number of allylic oxidation sites excluding steroid dienone is 2. The third-order valence-corrected chi connectivity index (χ3v) is 7.33. The van der Waals surface area contributed by atoms with Gasteiger partial charge in [0.1, 0.15) is 0 Å². The van der Waals surface area contributed by atoms with E-state index >= 15 is 0 Å². The zero-order chi connectivity index (χ0) is 9.41. The first-order valence-corrected chi connectivity index (χ1v) is 7.05. The summed E-state index contributed by atoms with van der Waals surface area (Å²) in [5.74, 6) is 7.01. The lowest BCUT2D eigenvalue weighted by Crippen LogP contribution is -2.25. The van der Waals surface area contributed by atoms with Gasteiger partial charge in [0, 0.05) is 0 Å². The Morgan fingerprint density at radius 3 is 2.40 bits per heavy atom. The van der Waals surface area contributed by atoms with Gasteiger partial charge in [-0.15, -0.1) is 0 Å². The molecule has 0 amide bonds.